The Labute approximate surface area is 169 Å². The monoisotopic (exact) mass is 456 g/mol. The summed E-state index contributed by atoms with van der Waals surface area (Å²) in [4.78, 5) is 15.2. The van der Waals surface area contributed by atoms with E-state index in [9.17, 15) is 4.79 Å². The van der Waals surface area contributed by atoms with Crippen LogP contribution in [-0.2, 0) is 4.74 Å². The predicted octanol–water partition coefficient (Wildman–Crippen LogP) is 5.13. The molecule has 1 saturated heterocycles. The van der Waals surface area contributed by atoms with Gasteiger partial charge >= 0.3 is 5.97 Å². The molecule has 1 aliphatic heterocycles. The molecule has 0 bridgehead atoms. The first-order chi connectivity index (χ1) is 12.1. The molecule has 1 fully saturated rings. The Bertz CT molecular complexity index is 764. The quantitative estimate of drug-likeness (QED) is 0.507. The molecule has 4 nitrogen and oxygen atoms in total. The van der Waals surface area contributed by atoms with Gasteiger partial charge in [0, 0.05) is 22.9 Å². The van der Waals surface area contributed by atoms with Gasteiger partial charge in [-0.1, -0.05) is 0 Å². The fourth-order valence-electron chi connectivity index (χ4n) is 2.47. The van der Waals surface area contributed by atoms with Crippen LogP contribution in [0.5, 0.6) is 0 Å². The van der Waals surface area contributed by atoms with E-state index >= 15 is 0 Å². The molecular weight excluding hydrogens is 440 g/mol. The minimum absolute atomic E-state index is 0.245. The molecule has 2 heterocycles. The van der Waals surface area contributed by atoms with Gasteiger partial charge in [-0.2, -0.15) is 0 Å². The summed E-state index contributed by atoms with van der Waals surface area (Å²) in [5, 5.41) is 4.22. The van der Waals surface area contributed by atoms with Gasteiger partial charge in [0.05, 0.1) is 16.0 Å². The molecule has 0 aliphatic carbocycles. The molecule has 0 spiro atoms. The van der Waals surface area contributed by atoms with Gasteiger partial charge in [0.1, 0.15) is 5.37 Å². The van der Waals surface area contributed by atoms with Crippen molar-refractivity contribution in [2.75, 3.05) is 24.2 Å². The molecule has 8 heteroatoms. The van der Waals surface area contributed by atoms with Gasteiger partial charge in [0.2, 0.25) is 0 Å². The number of ether oxygens (including phenoxy) is 1. The minimum Gasteiger partial charge on any atom is -0.462 e. The average molecular weight is 457 g/mol. The molecule has 0 saturated carbocycles. The highest BCUT2D eigenvalue weighted by atomic mass is 79.9. The topological polar surface area (TPSA) is 41.6 Å². The third kappa shape index (κ3) is 4.55. The minimum atomic E-state index is -0.309. The number of nitrogens with one attached hydrogen (secondary N) is 1. The van der Waals surface area contributed by atoms with Gasteiger partial charge in [-0.15, -0.1) is 23.1 Å². The number of carbonyl (C=O) groups is 1. The van der Waals surface area contributed by atoms with Gasteiger partial charge in [-0.25, -0.2) is 4.79 Å². The Hall–Kier alpha value is -1.09. The van der Waals surface area contributed by atoms with Crippen molar-refractivity contribution in [3.8, 4) is 0 Å². The zero-order chi connectivity index (χ0) is 17.8. The van der Waals surface area contributed by atoms with Crippen LogP contribution in [0, 0.1) is 0 Å². The highest BCUT2D eigenvalue weighted by Crippen LogP contribution is 2.42. The van der Waals surface area contributed by atoms with E-state index in [1.54, 1.807) is 30.4 Å². The van der Waals surface area contributed by atoms with Crippen LogP contribution in [0.15, 0.2) is 40.2 Å². The first-order valence-corrected chi connectivity index (χ1v) is 10.9. The molecule has 3 rings (SSSR count). The summed E-state index contributed by atoms with van der Waals surface area (Å²) in [5.74, 6) is 0.736. The number of thiophene rings is 1. The van der Waals surface area contributed by atoms with E-state index < -0.39 is 0 Å². The van der Waals surface area contributed by atoms with Gasteiger partial charge in [-0.3, -0.25) is 0 Å². The Morgan fingerprint density at radius 1 is 1.36 bits per heavy atom. The maximum atomic E-state index is 11.7. The standard InChI is InChI=1S/C17H17BrN2O2S3/c1-2-22-16(21)11-3-5-12(6-4-11)19-17(23)20-9-10-24-15(20)13-7-8-14(18)25-13/h3-8,15H,2,9-10H2,1H3,(H,19,23)/t15-/m0/s1. The maximum Gasteiger partial charge on any atom is 0.338 e. The van der Waals surface area contributed by atoms with Crippen molar-refractivity contribution in [2.45, 2.75) is 12.3 Å². The lowest BCUT2D eigenvalue weighted by Crippen LogP contribution is -2.33. The molecular formula is C17H17BrN2O2S3. The van der Waals surface area contributed by atoms with Crippen LogP contribution in [0.4, 0.5) is 5.69 Å². The van der Waals surface area contributed by atoms with Crippen molar-refractivity contribution in [1.29, 1.82) is 0 Å². The smallest absolute Gasteiger partial charge is 0.338 e. The predicted molar refractivity (Wildman–Crippen MR) is 113 cm³/mol. The summed E-state index contributed by atoms with van der Waals surface area (Å²) in [7, 11) is 0. The maximum absolute atomic E-state index is 11.7. The molecule has 1 atom stereocenters. The number of carbonyl (C=O) groups excluding carboxylic acids is 1. The van der Waals surface area contributed by atoms with E-state index in [1.165, 1.54) is 4.88 Å². The van der Waals surface area contributed by atoms with Crippen LogP contribution in [-0.4, -0.2) is 34.9 Å². The molecule has 132 valence electrons. The Morgan fingerprint density at radius 2 is 2.12 bits per heavy atom. The van der Waals surface area contributed by atoms with Gasteiger partial charge in [-0.05, 0) is 71.5 Å². The van der Waals surface area contributed by atoms with E-state index in [2.05, 4.69) is 38.3 Å². The number of thioether (sulfide) groups is 1. The second-order valence-corrected chi connectivity index (χ2v) is 9.36. The normalized spacial score (nSPS) is 16.7. The van der Waals surface area contributed by atoms with Crippen LogP contribution >= 0.6 is 51.2 Å². The summed E-state index contributed by atoms with van der Waals surface area (Å²) >= 11 is 12.8. The molecule has 1 aliphatic rings. The van der Waals surface area contributed by atoms with E-state index in [1.807, 2.05) is 23.9 Å². The van der Waals surface area contributed by atoms with Crippen molar-refractivity contribution in [3.05, 3.63) is 50.6 Å². The van der Waals surface area contributed by atoms with Gasteiger partial charge < -0.3 is 15.0 Å². The van der Waals surface area contributed by atoms with Crippen LogP contribution in [0.25, 0.3) is 0 Å². The first kappa shape index (κ1) is 18.7. The van der Waals surface area contributed by atoms with Crippen LogP contribution in [0.1, 0.15) is 27.5 Å². The highest BCUT2D eigenvalue weighted by molar-refractivity contribution is 9.11. The Morgan fingerprint density at radius 3 is 2.76 bits per heavy atom. The van der Waals surface area contributed by atoms with Crippen molar-refractivity contribution >= 4 is 68.0 Å². The number of hydrogen-bond donors (Lipinski definition) is 1. The Balaban J connectivity index is 1.66. The highest BCUT2D eigenvalue weighted by Gasteiger charge is 2.29. The first-order valence-electron chi connectivity index (χ1n) is 7.80. The fourth-order valence-corrected chi connectivity index (χ4v) is 5.78. The lowest BCUT2D eigenvalue weighted by atomic mass is 10.2. The zero-order valence-electron chi connectivity index (χ0n) is 13.5. The largest absolute Gasteiger partial charge is 0.462 e. The molecule has 1 N–H and O–H groups in total. The number of nitrogens with zero attached hydrogens (tertiary/aromatic N) is 1. The molecule has 1 aromatic carbocycles. The molecule has 2 aromatic rings. The van der Waals surface area contributed by atoms with Crippen molar-refractivity contribution in [2.24, 2.45) is 0 Å². The number of rotatable bonds is 4. The third-order valence-corrected chi connectivity index (χ3v) is 7.04. The average Bonchev–Trinajstić information content (AvgIpc) is 3.24. The van der Waals surface area contributed by atoms with Gasteiger partial charge in [0.25, 0.3) is 0 Å². The number of benzene rings is 1. The van der Waals surface area contributed by atoms with Crippen molar-refractivity contribution in [3.63, 3.8) is 0 Å². The number of anilines is 1. The summed E-state index contributed by atoms with van der Waals surface area (Å²) < 4.78 is 6.12. The molecule has 0 unspecified atom stereocenters. The van der Waals surface area contributed by atoms with E-state index in [0.29, 0.717) is 17.3 Å². The summed E-state index contributed by atoms with van der Waals surface area (Å²) in [5.41, 5.74) is 1.40. The van der Waals surface area contributed by atoms with Crippen LogP contribution in [0.2, 0.25) is 0 Å². The van der Waals surface area contributed by atoms with E-state index in [4.69, 9.17) is 17.0 Å². The lowest BCUT2D eigenvalue weighted by Gasteiger charge is -2.26. The molecule has 0 radical (unpaired) electrons. The number of hydrogen-bond acceptors (Lipinski definition) is 5. The SMILES string of the molecule is CCOC(=O)c1ccc(NC(=S)N2CCS[C@H]2c2ccc(Br)s2)cc1. The second-order valence-electron chi connectivity index (χ2n) is 5.29. The molecule has 0 amide bonds. The molecule has 25 heavy (non-hydrogen) atoms. The van der Waals surface area contributed by atoms with E-state index in [0.717, 1.165) is 21.8 Å². The van der Waals surface area contributed by atoms with Crippen LogP contribution < -0.4 is 5.32 Å². The van der Waals surface area contributed by atoms with Gasteiger partial charge in [0.15, 0.2) is 5.11 Å². The van der Waals surface area contributed by atoms with Crippen LogP contribution in [0.3, 0.4) is 0 Å². The summed E-state index contributed by atoms with van der Waals surface area (Å²) in [6.45, 7) is 3.08. The number of thiocarbonyl (C=S) groups is 1. The van der Waals surface area contributed by atoms with Crippen molar-refractivity contribution in [1.82, 2.24) is 4.90 Å². The summed E-state index contributed by atoms with van der Waals surface area (Å²) in [6.07, 6.45) is 0. The van der Waals surface area contributed by atoms with E-state index in [-0.39, 0.29) is 11.3 Å². The lowest BCUT2D eigenvalue weighted by molar-refractivity contribution is 0.0526. The second kappa shape index (κ2) is 8.53. The fraction of sp³-hybridized carbons (Fsp3) is 0.294. The van der Waals surface area contributed by atoms with Crippen molar-refractivity contribution < 1.29 is 9.53 Å². The number of halogens is 1. The summed E-state index contributed by atoms with van der Waals surface area (Å²) in [6, 6.07) is 11.4. The number of esters is 1. The molecule has 1 aromatic heterocycles. The Kier molecular flexibility index (Phi) is 6.38. The third-order valence-electron chi connectivity index (χ3n) is 3.64. The zero-order valence-corrected chi connectivity index (χ0v) is 17.6.